The van der Waals surface area contributed by atoms with Crippen LogP contribution in [-0.2, 0) is 4.74 Å². The average molecular weight is 212 g/mol. The van der Waals surface area contributed by atoms with Gasteiger partial charge in [0, 0.05) is 25.7 Å². The zero-order valence-electron chi connectivity index (χ0n) is 10.0. The van der Waals surface area contributed by atoms with Crippen LogP contribution < -0.4 is 5.32 Å². The first-order valence-corrected chi connectivity index (χ1v) is 6.37. The summed E-state index contributed by atoms with van der Waals surface area (Å²) in [6, 6.07) is 0.733. The molecular weight excluding hydrogens is 188 g/mol. The predicted molar refractivity (Wildman–Crippen MR) is 62.0 cm³/mol. The van der Waals surface area contributed by atoms with Crippen molar-refractivity contribution in [3.63, 3.8) is 0 Å². The van der Waals surface area contributed by atoms with Gasteiger partial charge in [0.15, 0.2) is 0 Å². The Morgan fingerprint density at radius 1 is 1.47 bits per heavy atom. The summed E-state index contributed by atoms with van der Waals surface area (Å²) in [6.07, 6.45) is 2.93. The second kappa shape index (κ2) is 5.28. The molecule has 2 aliphatic rings. The lowest BCUT2D eigenvalue weighted by Crippen LogP contribution is -2.55. The number of piperidine rings is 1. The summed E-state index contributed by atoms with van der Waals surface area (Å²) in [6.45, 7) is 10.1. The normalized spacial score (nSPS) is 39.2. The van der Waals surface area contributed by atoms with E-state index < -0.39 is 0 Å². The van der Waals surface area contributed by atoms with Gasteiger partial charge in [-0.3, -0.25) is 4.90 Å². The topological polar surface area (TPSA) is 24.5 Å². The highest BCUT2D eigenvalue weighted by Crippen LogP contribution is 2.20. The molecule has 2 fully saturated rings. The highest BCUT2D eigenvalue weighted by atomic mass is 16.5. The highest BCUT2D eigenvalue weighted by Gasteiger charge is 2.30. The van der Waals surface area contributed by atoms with Gasteiger partial charge in [0.05, 0.1) is 12.7 Å². The van der Waals surface area contributed by atoms with Gasteiger partial charge in [-0.05, 0) is 25.3 Å². The predicted octanol–water partition coefficient (Wildman–Crippen LogP) is 1.10. The SMILES string of the molecule is CCC1CN(C2CNCCC2C)CCO1. The minimum absolute atomic E-state index is 0.466. The molecule has 0 aliphatic carbocycles. The maximum absolute atomic E-state index is 5.72. The maximum atomic E-state index is 5.72. The van der Waals surface area contributed by atoms with Crippen molar-refractivity contribution in [2.24, 2.45) is 5.92 Å². The lowest BCUT2D eigenvalue weighted by Gasteiger charge is -2.42. The second-order valence-corrected chi connectivity index (χ2v) is 4.93. The van der Waals surface area contributed by atoms with E-state index in [1.165, 1.54) is 13.0 Å². The van der Waals surface area contributed by atoms with Crippen molar-refractivity contribution in [2.45, 2.75) is 38.8 Å². The van der Waals surface area contributed by atoms with Crippen LogP contribution in [0.4, 0.5) is 0 Å². The van der Waals surface area contributed by atoms with Gasteiger partial charge in [0.2, 0.25) is 0 Å². The Bertz CT molecular complexity index is 198. The van der Waals surface area contributed by atoms with Gasteiger partial charge in [-0.15, -0.1) is 0 Å². The van der Waals surface area contributed by atoms with Crippen LogP contribution in [0.1, 0.15) is 26.7 Å². The van der Waals surface area contributed by atoms with Crippen LogP contribution in [0.3, 0.4) is 0 Å². The molecule has 0 aromatic rings. The molecule has 0 aromatic carbocycles. The van der Waals surface area contributed by atoms with Crippen LogP contribution in [0.2, 0.25) is 0 Å². The van der Waals surface area contributed by atoms with Crippen molar-refractivity contribution < 1.29 is 4.74 Å². The van der Waals surface area contributed by atoms with E-state index in [1.807, 2.05) is 0 Å². The van der Waals surface area contributed by atoms with E-state index in [1.54, 1.807) is 0 Å². The van der Waals surface area contributed by atoms with Gasteiger partial charge in [-0.25, -0.2) is 0 Å². The zero-order valence-corrected chi connectivity index (χ0v) is 10.0. The summed E-state index contributed by atoms with van der Waals surface area (Å²) >= 11 is 0. The molecule has 1 N–H and O–H groups in total. The fourth-order valence-electron chi connectivity index (χ4n) is 2.75. The monoisotopic (exact) mass is 212 g/mol. The zero-order chi connectivity index (χ0) is 10.7. The molecule has 3 unspecified atom stereocenters. The van der Waals surface area contributed by atoms with E-state index in [4.69, 9.17) is 4.74 Å². The fourth-order valence-corrected chi connectivity index (χ4v) is 2.75. The molecule has 0 spiro atoms. The Hall–Kier alpha value is -0.120. The van der Waals surface area contributed by atoms with E-state index in [9.17, 15) is 0 Å². The van der Waals surface area contributed by atoms with E-state index in [2.05, 4.69) is 24.1 Å². The second-order valence-electron chi connectivity index (χ2n) is 4.93. The fraction of sp³-hybridized carbons (Fsp3) is 1.00. The third-order valence-electron chi connectivity index (χ3n) is 3.88. The van der Waals surface area contributed by atoms with Crippen molar-refractivity contribution in [1.82, 2.24) is 10.2 Å². The van der Waals surface area contributed by atoms with Gasteiger partial charge in [-0.1, -0.05) is 13.8 Å². The van der Waals surface area contributed by atoms with Gasteiger partial charge < -0.3 is 10.1 Å². The van der Waals surface area contributed by atoms with Crippen LogP contribution >= 0.6 is 0 Å². The number of rotatable bonds is 2. The Balaban J connectivity index is 1.90. The third kappa shape index (κ3) is 2.71. The molecule has 2 heterocycles. The summed E-state index contributed by atoms with van der Waals surface area (Å²) in [4.78, 5) is 2.63. The van der Waals surface area contributed by atoms with Crippen LogP contribution in [0.5, 0.6) is 0 Å². The third-order valence-corrected chi connectivity index (χ3v) is 3.88. The van der Waals surface area contributed by atoms with Crippen LogP contribution in [0.25, 0.3) is 0 Å². The van der Waals surface area contributed by atoms with Crippen molar-refractivity contribution in [2.75, 3.05) is 32.8 Å². The van der Waals surface area contributed by atoms with E-state index in [-0.39, 0.29) is 0 Å². The minimum Gasteiger partial charge on any atom is -0.376 e. The van der Waals surface area contributed by atoms with Crippen LogP contribution in [0.15, 0.2) is 0 Å². The summed E-state index contributed by atoms with van der Waals surface area (Å²) < 4.78 is 5.72. The quantitative estimate of drug-likeness (QED) is 0.742. The number of morpholine rings is 1. The smallest absolute Gasteiger partial charge is 0.0700 e. The lowest BCUT2D eigenvalue weighted by atomic mass is 9.93. The Morgan fingerprint density at radius 3 is 3.07 bits per heavy atom. The minimum atomic E-state index is 0.466. The molecular formula is C12H24N2O. The maximum Gasteiger partial charge on any atom is 0.0700 e. The van der Waals surface area contributed by atoms with Crippen LogP contribution in [-0.4, -0.2) is 49.8 Å². The van der Waals surface area contributed by atoms with Gasteiger partial charge >= 0.3 is 0 Å². The first kappa shape index (κ1) is 11.4. The van der Waals surface area contributed by atoms with Crippen molar-refractivity contribution in [3.05, 3.63) is 0 Å². The van der Waals surface area contributed by atoms with E-state index in [0.717, 1.165) is 44.6 Å². The van der Waals surface area contributed by atoms with Crippen molar-refractivity contribution in [3.8, 4) is 0 Å². The molecule has 2 saturated heterocycles. The molecule has 2 rings (SSSR count). The van der Waals surface area contributed by atoms with Crippen LogP contribution in [0, 0.1) is 5.92 Å². The summed E-state index contributed by atoms with van der Waals surface area (Å²) in [7, 11) is 0. The largest absolute Gasteiger partial charge is 0.376 e. The Labute approximate surface area is 93.2 Å². The molecule has 3 nitrogen and oxygen atoms in total. The molecule has 0 bridgehead atoms. The molecule has 0 saturated carbocycles. The molecule has 0 amide bonds. The lowest BCUT2D eigenvalue weighted by molar-refractivity contribution is -0.0547. The molecule has 3 heteroatoms. The molecule has 2 aliphatic heterocycles. The Kier molecular flexibility index (Phi) is 4.00. The number of nitrogens with one attached hydrogen (secondary N) is 1. The first-order valence-electron chi connectivity index (χ1n) is 6.37. The summed E-state index contributed by atoms with van der Waals surface area (Å²) in [5.74, 6) is 0.835. The number of ether oxygens (including phenoxy) is 1. The highest BCUT2D eigenvalue weighted by molar-refractivity contribution is 4.86. The Morgan fingerprint density at radius 2 is 2.33 bits per heavy atom. The number of hydrogen-bond acceptors (Lipinski definition) is 3. The van der Waals surface area contributed by atoms with Crippen molar-refractivity contribution in [1.29, 1.82) is 0 Å². The molecule has 0 radical (unpaired) electrons. The standard InChI is InChI=1S/C12H24N2O/c1-3-11-9-14(6-7-15-11)12-8-13-5-4-10(12)2/h10-13H,3-9H2,1-2H3. The summed E-state index contributed by atoms with van der Waals surface area (Å²) in [5.41, 5.74) is 0. The van der Waals surface area contributed by atoms with Gasteiger partial charge in [-0.2, -0.15) is 0 Å². The van der Waals surface area contributed by atoms with Crippen molar-refractivity contribution >= 4 is 0 Å². The first-order chi connectivity index (χ1) is 7.31. The molecule has 3 atom stereocenters. The molecule has 88 valence electrons. The average Bonchev–Trinajstić information content (AvgIpc) is 2.30. The van der Waals surface area contributed by atoms with E-state index in [0.29, 0.717) is 6.10 Å². The van der Waals surface area contributed by atoms with Gasteiger partial charge in [0.1, 0.15) is 0 Å². The van der Waals surface area contributed by atoms with Gasteiger partial charge in [0.25, 0.3) is 0 Å². The molecule has 0 aromatic heterocycles. The number of hydrogen-bond donors (Lipinski definition) is 1. The number of nitrogens with zero attached hydrogens (tertiary/aromatic N) is 1. The van der Waals surface area contributed by atoms with E-state index >= 15 is 0 Å². The summed E-state index contributed by atoms with van der Waals surface area (Å²) in [5, 5.41) is 3.51. The molecule has 15 heavy (non-hydrogen) atoms.